The molecule has 0 aromatic carbocycles. The average molecular weight is 280 g/mol. The second kappa shape index (κ2) is 4.86. The lowest BCUT2D eigenvalue weighted by molar-refractivity contribution is 0.544. The summed E-state index contributed by atoms with van der Waals surface area (Å²) >= 11 is 2.73. The molecule has 0 radical (unpaired) electrons. The number of anilines is 1. The van der Waals surface area contributed by atoms with Crippen LogP contribution in [-0.4, -0.2) is 36.7 Å². The van der Waals surface area contributed by atoms with Gasteiger partial charge in [-0.3, -0.25) is 0 Å². The summed E-state index contributed by atoms with van der Waals surface area (Å²) < 4.78 is 26.0. The quantitative estimate of drug-likeness (QED) is 0.815. The largest absolute Gasteiger partial charge is 0.374 e. The Hall–Kier alpha value is -0.380. The molecule has 0 bridgehead atoms. The van der Waals surface area contributed by atoms with Crippen LogP contribution in [0.4, 0.5) is 5.13 Å². The van der Waals surface area contributed by atoms with Crippen molar-refractivity contribution in [1.29, 1.82) is 0 Å². The molecular formula is C7H12N4O2S3. The maximum atomic E-state index is 11.7. The lowest BCUT2D eigenvalue weighted by Crippen LogP contribution is -2.29. The van der Waals surface area contributed by atoms with Gasteiger partial charge in [0.2, 0.25) is 9.47 Å². The van der Waals surface area contributed by atoms with E-state index < -0.39 is 10.0 Å². The highest BCUT2D eigenvalue weighted by Crippen LogP contribution is 2.23. The van der Waals surface area contributed by atoms with E-state index in [1.165, 1.54) is 0 Å². The molecule has 3 N–H and O–H groups in total. The minimum absolute atomic E-state index is 0.0596. The van der Waals surface area contributed by atoms with Crippen LogP contribution in [0.15, 0.2) is 4.34 Å². The maximum Gasteiger partial charge on any atom is 0.269 e. The molecule has 0 saturated carbocycles. The third kappa shape index (κ3) is 2.84. The smallest absolute Gasteiger partial charge is 0.269 e. The van der Waals surface area contributed by atoms with E-state index >= 15 is 0 Å². The fraction of sp³-hybridized carbons (Fsp3) is 0.714. The monoisotopic (exact) mass is 280 g/mol. The summed E-state index contributed by atoms with van der Waals surface area (Å²) in [6, 6.07) is 0. The summed E-state index contributed by atoms with van der Waals surface area (Å²) in [4.78, 5) is 0. The van der Waals surface area contributed by atoms with E-state index in [4.69, 9.17) is 5.73 Å². The standard InChI is InChI=1S/C7H12N4O2S3/c8-6-10-11-7(15-6)16(12,13)9-3-5-1-2-14-4-5/h5,9H,1-4H2,(H2,8,10). The van der Waals surface area contributed by atoms with E-state index in [-0.39, 0.29) is 9.47 Å². The van der Waals surface area contributed by atoms with Crippen molar-refractivity contribution >= 4 is 38.3 Å². The summed E-state index contributed by atoms with van der Waals surface area (Å²) in [5.74, 6) is 2.55. The Morgan fingerprint density at radius 3 is 2.88 bits per heavy atom. The zero-order chi connectivity index (χ0) is 11.6. The molecule has 16 heavy (non-hydrogen) atoms. The zero-order valence-corrected chi connectivity index (χ0v) is 10.9. The second-order valence-corrected chi connectivity index (χ2v) is 7.59. The van der Waals surface area contributed by atoms with Crippen molar-refractivity contribution in [2.24, 2.45) is 5.92 Å². The van der Waals surface area contributed by atoms with Crippen LogP contribution < -0.4 is 10.5 Å². The van der Waals surface area contributed by atoms with Crippen LogP contribution in [0.2, 0.25) is 0 Å². The SMILES string of the molecule is Nc1nnc(S(=O)(=O)NCC2CCSC2)s1. The lowest BCUT2D eigenvalue weighted by Gasteiger charge is -2.08. The first-order valence-corrected chi connectivity index (χ1v) is 8.20. The number of hydrogen-bond donors (Lipinski definition) is 2. The number of thioether (sulfide) groups is 1. The Morgan fingerprint density at radius 2 is 2.31 bits per heavy atom. The number of nitrogen functional groups attached to an aromatic ring is 1. The maximum absolute atomic E-state index is 11.7. The Labute approximate surface area is 102 Å². The number of hydrogen-bond acceptors (Lipinski definition) is 7. The molecule has 0 aliphatic carbocycles. The van der Waals surface area contributed by atoms with Gasteiger partial charge in [-0.25, -0.2) is 13.1 Å². The molecule has 1 aromatic rings. The van der Waals surface area contributed by atoms with Crippen molar-refractivity contribution in [1.82, 2.24) is 14.9 Å². The molecule has 0 spiro atoms. The third-order valence-corrected chi connectivity index (χ3v) is 6.01. The van der Waals surface area contributed by atoms with Gasteiger partial charge in [-0.1, -0.05) is 11.3 Å². The third-order valence-electron chi connectivity index (χ3n) is 2.24. The first-order valence-electron chi connectivity index (χ1n) is 4.74. The van der Waals surface area contributed by atoms with Gasteiger partial charge in [-0.05, 0) is 23.8 Å². The number of sulfonamides is 1. The molecule has 90 valence electrons. The number of nitrogens with two attached hydrogens (primary N) is 1. The van der Waals surface area contributed by atoms with Crippen molar-refractivity contribution in [3.8, 4) is 0 Å². The van der Waals surface area contributed by atoms with E-state index in [1.807, 2.05) is 11.8 Å². The molecular weight excluding hydrogens is 268 g/mol. The van der Waals surface area contributed by atoms with E-state index in [9.17, 15) is 8.42 Å². The molecule has 6 nitrogen and oxygen atoms in total. The Morgan fingerprint density at radius 1 is 1.50 bits per heavy atom. The van der Waals surface area contributed by atoms with Crippen LogP contribution in [0, 0.1) is 5.92 Å². The summed E-state index contributed by atoms with van der Waals surface area (Å²) in [5, 5.41) is 7.17. The van der Waals surface area contributed by atoms with E-state index in [0.29, 0.717) is 12.5 Å². The molecule has 2 heterocycles. The van der Waals surface area contributed by atoms with Gasteiger partial charge in [-0.2, -0.15) is 11.8 Å². The Balaban J connectivity index is 1.97. The highest BCUT2D eigenvalue weighted by Gasteiger charge is 2.22. The van der Waals surface area contributed by atoms with Crippen molar-refractivity contribution in [3.63, 3.8) is 0 Å². The summed E-state index contributed by atoms with van der Waals surface area (Å²) in [6.07, 6.45) is 1.06. The highest BCUT2D eigenvalue weighted by atomic mass is 32.2. The molecule has 1 aliphatic rings. The predicted molar refractivity (Wildman–Crippen MR) is 64.9 cm³/mol. The molecule has 1 atom stereocenters. The minimum Gasteiger partial charge on any atom is -0.374 e. The van der Waals surface area contributed by atoms with Gasteiger partial charge in [0.25, 0.3) is 10.0 Å². The molecule has 1 fully saturated rings. The molecule has 9 heteroatoms. The normalized spacial score (nSPS) is 21.4. The summed E-state index contributed by atoms with van der Waals surface area (Å²) in [7, 11) is -3.52. The summed E-state index contributed by atoms with van der Waals surface area (Å²) in [6.45, 7) is 0.467. The van der Waals surface area contributed by atoms with Gasteiger partial charge in [-0.15, -0.1) is 10.2 Å². The van der Waals surface area contributed by atoms with Gasteiger partial charge in [0.05, 0.1) is 0 Å². The number of rotatable bonds is 4. The molecule has 2 rings (SSSR count). The number of nitrogens with one attached hydrogen (secondary N) is 1. The highest BCUT2D eigenvalue weighted by molar-refractivity contribution is 7.99. The first-order chi connectivity index (χ1) is 7.58. The van der Waals surface area contributed by atoms with Gasteiger partial charge in [0, 0.05) is 6.54 Å². The van der Waals surface area contributed by atoms with Crippen molar-refractivity contribution < 1.29 is 8.42 Å². The topological polar surface area (TPSA) is 98.0 Å². The zero-order valence-electron chi connectivity index (χ0n) is 8.42. The molecule has 1 aromatic heterocycles. The van der Waals surface area contributed by atoms with Crippen LogP contribution >= 0.6 is 23.1 Å². The molecule has 1 saturated heterocycles. The van der Waals surface area contributed by atoms with E-state index in [0.717, 1.165) is 29.3 Å². The van der Waals surface area contributed by atoms with E-state index in [2.05, 4.69) is 14.9 Å². The molecule has 1 unspecified atom stereocenters. The summed E-state index contributed by atoms with van der Waals surface area (Å²) in [5.41, 5.74) is 5.34. The van der Waals surface area contributed by atoms with E-state index in [1.54, 1.807) is 0 Å². The number of nitrogens with zero attached hydrogens (tertiary/aromatic N) is 2. The van der Waals surface area contributed by atoms with Crippen molar-refractivity contribution in [2.45, 2.75) is 10.8 Å². The van der Waals surface area contributed by atoms with Crippen molar-refractivity contribution in [3.05, 3.63) is 0 Å². The molecule has 0 amide bonds. The molecule has 1 aliphatic heterocycles. The Bertz CT molecular complexity index is 452. The van der Waals surface area contributed by atoms with Crippen LogP contribution in [0.25, 0.3) is 0 Å². The number of aromatic nitrogens is 2. The van der Waals surface area contributed by atoms with Crippen LogP contribution in [-0.2, 0) is 10.0 Å². The second-order valence-electron chi connectivity index (χ2n) is 3.49. The van der Waals surface area contributed by atoms with Gasteiger partial charge in [0.1, 0.15) is 0 Å². The van der Waals surface area contributed by atoms with Crippen LogP contribution in [0.1, 0.15) is 6.42 Å². The van der Waals surface area contributed by atoms with Gasteiger partial charge < -0.3 is 5.73 Å². The average Bonchev–Trinajstić information content (AvgIpc) is 2.85. The van der Waals surface area contributed by atoms with Crippen LogP contribution in [0.5, 0.6) is 0 Å². The van der Waals surface area contributed by atoms with Crippen LogP contribution in [0.3, 0.4) is 0 Å². The van der Waals surface area contributed by atoms with Crippen molar-refractivity contribution in [2.75, 3.05) is 23.8 Å². The minimum atomic E-state index is -3.52. The Kier molecular flexibility index (Phi) is 3.67. The first kappa shape index (κ1) is 12.1. The predicted octanol–water partition coefficient (Wildman–Crippen LogP) is 0.152. The van der Waals surface area contributed by atoms with Gasteiger partial charge in [0.15, 0.2) is 0 Å². The fourth-order valence-electron chi connectivity index (χ4n) is 1.36. The fourth-order valence-corrected chi connectivity index (χ4v) is 4.59. The lowest BCUT2D eigenvalue weighted by atomic mass is 10.1. The van der Waals surface area contributed by atoms with Gasteiger partial charge >= 0.3 is 0 Å².